The number of nitrogens with zero attached hydrogens (tertiary/aromatic N) is 2. The number of rotatable bonds is 3. The molecule has 0 aliphatic heterocycles. The maximum Gasteiger partial charge on any atom is 0.141 e. The number of benzene rings is 1. The van der Waals surface area contributed by atoms with Crippen molar-refractivity contribution in [1.82, 2.24) is 9.78 Å². The van der Waals surface area contributed by atoms with E-state index >= 15 is 0 Å². The molecule has 2 rings (SSSR count). The van der Waals surface area contributed by atoms with Crippen molar-refractivity contribution in [1.29, 1.82) is 0 Å². The zero-order valence-corrected chi connectivity index (χ0v) is 8.30. The molecule has 0 unspecified atom stereocenters. The first-order valence-electron chi connectivity index (χ1n) is 4.83. The van der Waals surface area contributed by atoms with Crippen LogP contribution in [-0.2, 0) is 6.42 Å². The van der Waals surface area contributed by atoms with Crippen LogP contribution in [0.5, 0.6) is 5.75 Å². The summed E-state index contributed by atoms with van der Waals surface area (Å²) in [5.74, 6) is 0.222. The Kier molecular flexibility index (Phi) is 2.69. The second-order valence-corrected chi connectivity index (χ2v) is 3.32. The molecule has 4 nitrogen and oxygen atoms in total. The Morgan fingerprint density at radius 3 is 2.87 bits per heavy atom. The predicted octanol–water partition coefficient (Wildman–Crippen LogP) is 1.08. The molecule has 0 aliphatic carbocycles. The van der Waals surface area contributed by atoms with Gasteiger partial charge in [-0.25, -0.2) is 4.68 Å². The first kappa shape index (κ1) is 9.73. The van der Waals surface area contributed by atoms with E-state index in [0.717, 1.165) is 12.0 Å². The summed E-state index contributed by atoms with van der Waals surface area (Å²) in [7, 11) is 0. The monoisotopic (exact) mass is 203 g/mol. The number of phenols is 1. The number of aromatic nitrogens is 2. The van der Waals surface area contributed by atoms with E-state index in [9.17, 15) is 5.11 Å². The summed E-state index contributed by atoms with van der Waals surface area (Å²) in [5, 5.41) is 13.8. The van der Waals surface area contributed by atoms with Gasteiger partial charge in [-0.05, 0) is 30.7 Å². The van der Waals surface area contributed by atoms with Crippen LogP contribution in [0.3, 0.4) is 0 Å². The summed E-state index contributed by atoms with van der Waals surface area (Å²) in [6.45, 7) is 0.604. The highest BCUT2D eigenvalue weighted by atomic mass is 16.3. The molecule has 2 aromatic rings. The molecule has 0 spiro atoms. The van der Waals surface area contributed by atoms with E-state index in [0.29, 0.717) is 12.2 Å². The summed E-state index contributed by atoms with van der Waals surface area (Å²) in [5.41, 5.74) is 7.20. The van der Waals surface area contributed by atoms with Gasteiger partial charge in [0.2, 0.25) is 0 Å². The molecule has 1 aromatic carbocycles. The van der Waals surface area contributed by atoms with Crippen LogP contribution in [-0.4, -0.2) is 21.4 Å². The second kappa shape index (κ2) is 4.14. The average molecular weight is 203 g/mol. The second-order valence-electron chi connectivity index (χ2n) is 3.32. The van der Waals surface area contributed by atoms with E-state index in [1.54, 1.807) is 23.0 Å². The van der Waals surface area contributed by atoms with E-state index in [2.05, 4.69) is 5.10 Å². The van der Waals surface area contributed by atoms with Gasteiger partial charge in [0.1, 0.15) is 11.4 Å². The van der Waals surface area contributed by atoms with E-state index in [1.807, 2.05) is 18.3 Å². The molecule has 4 heteroatoms. The maximum absolute atomic E-state index is 9.62. The lowest BCUT2D eigenvalue weighted by molar-refractivity contribution is 0.470. The van der Waals surface area contributed by atoms with Crippen molar-refractivity contribution in [3.05, 3.63) is 42.2 Å². The van der Waals surface area contributed by atoms with Crippen molar-refractivity contribution in [3.8, 4) is 11.4 Å². The van der Waals surface area contributed by atoms with Crippen molar-refractivity contribution in [2.24, 2.45) is 5.73 Å². The van der Waals surface area contributed by atoms with Crippen LogP contribution in [0.2, 0.25) is 0 Å². The zero-order chi connectivity index (χ0) is 10.7. The molecule has 78 valence electrons. The van der Waals surface area contributed by atoms with Crippen LogP contribution in [0, 0.1) is 0 Å². The van der Waals surface area contributed by atoms with E-state index < -0.39 is 0 Å². The summed E-state index contributed by atoms with van der Waals surface area (Å²) >= 11 is 0. The fourth-order valence-electron chi connectivity index (χ4n) is 1.45. The Morgan fingerprint density at radius 1 is 1.33 bits per heavy atom. The third-order valence-electron chi connectivity index (χ3n) is 2.20. The minimum Gasteiger partial charge on any atom is -0.506 e. The predicted molar refractivity (Wildman–Crippen MR) is 58.0 cm³/mol. The molecular weight excluding hydrogens is 190 g/mol. The van der Waals surface area contributed by atoms with Gasteiger partial charge in [-0.1, -0.05) is 12.1 Å². The minimum absolute atomic E-state index is 0.222. The fourth-order valence-corrected chi connectivity index (χ4v) is 1.45. The molecular formula is C11H13N3O. The van der Waals surface area contributed by atoms with E-state index in [-0.39, 0.29) is 5.75 Å². The first-order valence-corrected chi connectivity index (χ1v) is 4.83. The molecule has 0 saturated heterocycles. The number of nitrogens with two attached hydrogens (primary N) is 1. The highest BCUT2D eigenvalue weighted by molar-refractivity contribution is 5.44. The smallest absolute Gasteiger partial charge is 0.141 e. The fraction of sp³-hybridized carbons (Fsp3) is 0.182. The summed E-state index contributed by atoms with van der Waals surface area (Å²) in [4.78, 5) is 0. The number of aromatic hydroxyl groups is 1. The van der Waals surface area contributed by atoms with Crippen LogP contribution < -0.4 is 5.73 Å². The van der Waals surface area contributed by atoms with Crippen molar-refractivity contribution in [2.45, 2.75) is 6.42 Å². The van der Waals surface area contributed by atoms with E-state index in [1.165, 1.54) is 0 Å². The summed E-state index contributed by atoms with van der Waals surface area (Å²) in [6.07, 6.45) is 4.44. The van der Waals surface area contributed by atoms with Gasteiger partial charge in [0, 0.05) is 6.20 Å². The van der Waals surface area contributed by atoms with Crippen LogP contribution >= 0.6 is 0 Å². The summed E-state index contributed by atoms with van der Waals surface area (Å²) < 4.78 is 1.65. The molecule has 3 N–H and O–H groups in total. The zero-order valence-electron chi connectivity index (χ0n) is 8.30. The Labute approximate surface area is 88.0 Å². The number of hydrogen-bond acceptors (Lipinski definition) is 3. The quantitative estimate of drug-likeness (QED) is 0.784. The number of hydrogen-bond donors (Lipinski definition) is 2. The largest absolute Gasteiger partial charge is 0.506 e. The molecule has 1 aromatic heterocycles. The topological polar surface area (TPSA) is 64.1 Å². The molecule has 0 bridgehead atoms. The van der Waals surface area contributed by atoms with Gasteiger partial charge >= 0.3 is 0 Å². The lowest BCUT2D eigenvalue weighted by Crippen LogP contribution is -2.01. The van der Waals surface area contributed by atoms with Crippen molar-refractivity contribution in [3.63, 3.8) is 0 Å². The molecule has 0 radical (unpaired) electrons. The highest BCUT2D eigenvalue weighted by Gasteiger charge is 2.03. The van der Waals surface area contributed by atoms with Crippen LogP contribution in [0.1, 0.15) is 5.56 Å². The number of phenolic OH excluding ortho intramolecular Hbond substituents is 1. The number of para-hydroxylation sites is 2. The average Bonchev–Trinajstić information content (AvgIpc) is 2.68. The third kappa shape index (κ3) is 1.99. The van der Waals surface area contributed by atoms with Crippen molar-refractivity contribution >= 4 is 0 Å². The molecule has 0 saturated carbocycles. The SMILES string of the molecule is NCCc1cnn(-c2ccccc2O)c1. The first-order chi connectivity index (χ1) is 7.31. The van der Waals surface area contributed by atoms with E-state index in [4.69, 9.17) is 5.73 Å². The third-order valence-corrected chi connectivity index (χ3v) is 2.20. The molecule has 0 amide bonds. The Balaban J connectivity index is 2.33. The summed E-state index contributed by atoms with van der Waals surface area (Å²) in [6, 6.07) is 7.09. The Morgan fingerprint density at radius 2 is 2.13 bits per heavy atom. The van der Waals surface area contributed by atoms with Crippen molar-refractivity contribution in [2.75, 3.05) is 6.54 Å². The molecule has 0 aliphatic rings. The van der Waals surface area contributed by atoms with Crippen LogP contribution in [0.15, 0.2) is 36.7 Å². The molecule has 0 fully saturated rings. The van der Waals surface area contributed by atoms with Crippen molar-refractivity contribution < 1.29 is 5.11 Å². The van der Waals surface area contributed by atoms with Gasteiger partial charge in [0.05, 0.1) is 6.20 Å². The normalized spacial score (nSPS) is 10.5. The van der Waals surface area contributed by atoms with Crippen LogP contribution in [0.25, 0.3) is 5.69 Å². The van der Waals surface area contributed by atoms with Gasteiger partial charge in [0.25, 0.3) is 0 Å². The van der Waals surface area contributed by atoms with Gasteiger partial charge in [-0.3, -0.25) is 0 Å². The minimum atomic E-state index is 0.222. The van der Waals surface area contributed by atoms with Gasteiger partial charge < -0.3 is 10.8 Å². The molecule has 15 heavy (non-hydrogen) atoms. The lowest BCUT2D eigenvalue weighted by Gasteiger charge is -2.02. The Bertz CT molecular complexity index is 451. The lowest BCUT2D eigenvalue weighted by atomic mass is 10.2. The van der Waals surface area contributed by atoms with Gasteiger partial charge in [-0.2, -0.15) is 5.10 Å². The van der Waals surface area contributed by atoms with Gasteiger partial charge in [-0.15, -0.1) is 0 Å². The van der Waals surface area contributed by atoms with Crippen LogP contribution in [0.4, 0.5) is 0 Å². The molecule has 0 atom stereocenters. The molecule has 1 heterocycles. The maximum atomic E-state index is 9.62. The van der Waals surface area contributed by atoms with Gasteiger partial charge in [0.15, 0.2) is 0 Å². The standard InChI is InChI=1S/C11H13N3O/c12-6-5-9-7-13-14(8-9)10-3-1-2-4-11(10)15/h1-4,7-8,15H,5-6,12H2. The Hall–Kier alpha value is -1.81. The highest BCUT2D eigenvalue weighted by Crippen LogP contribution is 2.19.